The minimum absolute atomic E-state index is 0.331. The average molecular weight is 323 g/mol. The van der Waals surface area contributed by atoms with Crippen molar-refractivity contribution in [2.24, 2.45) is 0 Å². The highest BCUT2D eigenvalue weighted by Crippen LogP contribution is 2.31. The molecule has 0 bridgehead atoms. The van der Waals surface area contributed by atoms with E-state index in [0.29, 0.717) is 16.7 Å². The van der Waals surface area contributed by atoms with Crippen LogP contribution in [-0.2, 0) is 11.0 Å². The predicted molar refractivity (Wildman–Crippen MR) is 79.0 cm³/mol. The third kappa shape index (κ3) is 4.18. The molecule has 1 N–H and O–H groups in total. The first-order chi connectivity index (χ1) is 10.8. The molecule has 2 aromatic rings. The van der Waals surface area contributed by atoms with Crippen molar-refractivity contribution in [2.45, 2.75) is 6.18 Å². The van der Waals surface area contributed by atoms with Crippen LogP contribution in [0, 0.1) is 5.82 Å². The number of rotatable bonds is 3. The molecule has 0 unspecified atom stereocenters. The standard InChI is InChI=1S/C17H13F4NO/c1-22-16(23)10-15(12-3-2-4-14(18)9-12)11-5-7-13(8-6-11)17(19,20)21/h2-10H,1H3,(H,22,23). The molecule has 0 fully saturated rings. The van der Waals surface area contributed by atoms with Crippen molar-refractivity contribution in [1.29, 1.82) is 0 Å². The molecule has 0 atom stereocenters. The molecule has 0 aliphatic heterocycles. The molecule has 2 aromatic carbocycles. The first kappa shape index (κ1) is 16.7. The van der Waals surface area contributed by atoms with Crippen molar-refractivity contribution in [2.75, 3.05) is 7.05 Å². The van der Waals surface area contributed by atoms with Crippen LogP contribution < -0.4 is 5.32 Å². The van der Waals surface area contributed by atoms with Crippen LogP contribution in [0.2, 0.25) is 0 Å². The zero-order valence-electron chi connectivity index (χ0n) is 12.1. The third-order valence-corrected chi connectivity index (χ3v) is 3.18. The number of halogens is 4. The fraction of sp³-hybridized carbons (Fsp3) is 0.118. The second kappa shape index (κ2) is 6.64. The lowest BCUT2D eigenvalue weighted by Gasteiger charge is -2.11. The molecule has 23 heavy (non-hydrogen) atoms. The minimum atomic E-state index is -4.44. The van der Waals surface area contributed by atoms with Crippen LogP contribution in [0.1, 0.15) is 16.7 Å². The second-order valence-corrected chi connectivity index (χ2v) is 4.76. The van der Waals surface area contributed by atoms with Gasteiger partial charge in [-0.1, -0.05) is 24.3 Å². The largest absolute Gasteiger partial charge is 0.416 e. The Balaban J connectivity index is 2.50. The van der Waals surface area contributed by atoms with Crippen LogP contribution in [-0.4, -0.2) is 13.0 Å². The molecular weight excluding hydrogens is 310 g/mol. The number of amides is 1. The van der Waals surface area contributed by atoms with Gasteiger partial charge in [0.2, 0.25) is 5.91 Å². The maximum Gasteiger partial charge on any atom is 0.416 e. The van der Waals surface area contributed by atoms with Gasteiger partial charge in [0.15, 0.2) is 0 Å². The van der Waals surface area contributed by atoms with Gasteiger partial charge in [-0.3, -0.25) is 4.79 Å². The van der Waals surface area contributed by atoms with Gasteiger partial charge in [-0.2, -0.15) is 13.2 Å². The van der Waals surface area contributed by atoms with E-state index >= 15 is 0 Å². The normalized spacial score (nSPS) is 12.1. The summed E-state index contributed by atoms with van der Waals surface area (Å²) >= 11 is 0. The molecule has 6 heteroatoms. The molecule has 0 saturated carbocycles. The molecule has 1 amide bonds. The number of carbonyl (C=O) groups excluding carboxylic acids is 1. The molecule has 2 nitrogen and oxygen atoms in total. The molecule has 0 spiro atoms. The molecule has 120 valence electrons. The second-order valence-electron chi connectivity index (χ2n) is 4.76. The van der Waals surface area contributed by atoms with Crippen molar-refractivity contribution < 1.29 is 22.4 Å². The smallest absolute Gasteiger partial charge is 0.356 e. The zero-order chi connectivity index (χ0) is 17.0. The minimum Gasteiger partial charge on any atom is -0.356 e. The fourth-order valence-electron chi connectivity index (χ4n) is 2.03. The van der Waals surface area contributed by atoms with Crippen molar-refractivity contribution in [3.63, 3.8) is 0 Å². The highest BCUT2D eigenvalue weighted by Gasteiger charge is 2.30. The van der Waals surface area contributed by atoms with Gasteiger partial charge in [-0.15, -0.1) is 0 Å². The Hall–Kier alpha value is -2.63. The predicted octanol–water partition coefficient (Wildman–Crippen LogP) is 4.02. The van der Waals surface area contributed by atoms with Gasteiger partial charge in [-0.25, -0.2) is 4.39 Å². The quantitative estimate of drug-likeness (QED) is 0.671. The molecule has 2 rings (SSSR count). The maximum absolute atomic E-state index is 13.4. The summed E-state index contributed by atoms with van der Waals surface area (Å²) in [5.74, 6) is -0.943. The molecular formula is C17H13F4NO. The van der Waals surface area contributed by atoms with Gasteiger partial charge in [0.1, 0.15) is 5.82 Å². The van der Waals surface area contributed by atoms with E-state index in [4.69, 9.17) is 0 Å². The average Bonchev–Trinajstić information content (AvgIpc) is 2.51. The molecule has 0 aliphatic rings. The van der Waals surface area contributed by atoms with Gasteiger partial charge in [0, 0.05) is 13.1 Å². The van der Waals surface area contributed by atoms with Crippen LogP contribution in [0.4, 0.5) is 17.6 Å². The van der Waals surface area contributed by atoms with Crippen molar-refractivity contribution in [3.8, 4) is 0 Å². The molecule has 0 aliphatic carbocycles. The van der Waals surface area contributed by atoms with E-state index in [1.807, 2.05) is 0 Å². The SMILES string of the molecule is CNC(=O)C=C(c1ccc(C(F)(F)F)cc1)c1cccc(F)c1. The first-order valence-electron chi connectivity index (χ1n) is 6.68. The van der Waals surface area contributed by atoms with E-state index in [9.17, 15) is 22.4 Å². The van der Waals surface area contributed by atoms with E-state index < -0.39 is 23.5 Å². The van der Waals surface area contributed by atoms with E-state index in [2.05, 4.69) is 5.32 Å². The zero-order valence-corrected chi connectivity index (χ0v) is 12.1. The summed E-state index contributed by atoms with van der Waals surface area (Å²) in [5.41, 5.74) is 0.318. The lowest BCUT2D eigenvalue weighted by atomic mass is 9.96. The summed E-state index contributed by atoms with van der Waals surface area (Å²) in [6.07, 6.45) is -3.22. The van der Waals surface area contributed by atoms with Gasteiger partial charge in [-0.05, 0) is 41.0 Å². The molecule has 0 radical (unpaired) electrons. The Kier molecular flexibility index (Phi) is 4.83. The summed E-state index contributed by atoms with van der Waals surface area (Å²) in [4.78, 5) is 11.6. The van der Waals surface area contributed by atoms with Gasteiger partial charge in [0.25, 0.3) is 0 Å². The number of hydrogen-bond donors (Lipinski definition) is 1. The molecule has 0 saturated heterocycles. The summed E-state index contributed by atoms with van der Waals surface area (Å²) in [6, 6.07) is 9.85. The lowest BCUT2D eigenvalue weighted by Crippen LogP contribution is -2.15. The Morgan fingerprint density at radius 3 is 2.22 bits per heavy atom. The van der Waals surface area contributed by atoms with Crippen molar-refractivity contribution >= 4 is 11.5 Å². The van der Waals surface area contributed by atoms with Crippen LogP contribution in [0.25, 0.3) is 5.57 Å². The fourth-order valence-corrected chi connectivity index (χ4v) is 2.03. The Labute approximate surface area is 130 Å². The highest BCUT2D eigenvalue weighted by molar-refractivity contribution is 5.99. The maximum atomic E-state index is 13.4. The number of nitrogens with one attached hydrogen (secondary N) is 1. The number of alkyl halides is 3. The highest BCUT2D eigenvalue weighted by atomic mass is 19.4. The van der Waals surface area contributed by atoms with Crippen LogP contribution in [0.5, 0.6) is 0 Å². The van der Waals surface area contributed by atoms with Gasteiger partial charge in [0.05, 0.1) is 5.56 Å². The summed E-state index contributed by atoms with van der Waals surface area (Å²) < 4.78 is 51.3. The number of benzene rings is 2. The monoisotopic (exact) mass is 323 g/mol. The van der Waals surface area contributed by atoms with Crippen LogP contribution in [0.3, 0.4) is 0 Å². The van der Waals surface area contributed by atoms with Crippen molar-refractivity contribution in [3.05, 3.63) is 77.1 Å². The van der Waals surface area contributed by atoms with E-state index in [1.54, 1.807) is 6.07 Å². The Morgan fingerprint density at radius 1 is 1.04 bits per heavy atom. The summed E-state index contributed by atoms with van der Waals surface area (Å²) in [5, 5.41) is 2.40. The summed E-state index contributed by atoms with van der Waals surface area (Å²) in [6.45, 7) is 0. The topological polar surface area (TPSA) is 29.1 Å². The van der Waals surface area contributed by atoms with Crippen molar-refractivity contribution in [1.82, 2.24) is 5.32 Å². The first-order valence-corrected chi connectivity index (χ1v) is 6.68. The third-order valence-electron chi connectivity index (χ3n) is 3.18. The molecule has 0 heterocycles. The Bertz CT molecular complexity index is 733. The van der Waals surface area contributed by atoms with Crippen LogP contribution in [0.15, 0.2) is 54.6 Å². The van der Waals surface area contributed by atoms with Crippen LogP contribution >= 0.6 is 0 Å². The van der Waals surface area contributed by atoms with E-state index in [0.717, 1.165) is 12.1 Å². The lowest BCUT2D eigenvalue weighted by molar-refractivity contribution is -0.137. The van der Waals surface area contributed by atoms with Gasteiger partial charge >= 0.3 is 6.18 Å². The summed E-state index contributed by atoms with van der Waals surface area (Å²) in [7, 11) is 1.43. The van der Waals surface area contributed by atoms with Gasteiger partial charge < -0.3 is 5.32 Å². The number of carbonyl (C=O) groups is 1. The number of likely N-dealkylation sites (N-methyl/N-ethyl adjacent to an activating group) is 1. The molecule has 0 aromatic heterocycles. The van der Waals surface area contributed by atoms with E-state index in [1.165, 1.54) is 43.5 Å². The van der Waals surface area contributed by atoms with E-state index in [-0.39, 0.29) is 0 Å². The Morgan fingerprint density at radius 2 is 1.70 bits per heavy atom. The number of hydrogen-bond acceptors (Lipinski definition) is 1.